The van der Waals surface area contributed by atoms with Crippen LogP contribution in [0.4, 0.5) is 26.3 Å². The number of methoxy groups -OCH3 is 1. The lowest BCUT2D eigenvalue weighted by Gasteiger charge is -2.19. The highest BCUT2D eigenvalue weighted by Gasteiger charge is 2.36. The molecule has 0 bridgehead atoms. The number of aromatic amines is 1. The molecule has 0 saturated heterocycles. The van der Waals surface area contributed by atoms with E-state index >= 15 is 0 Å². The molecule has 0 aliphatic heterocycles. The normalized spacial score (nSPS) is 11.4. The second-order valence-corrected chi connectivity index (χ2v) is 7.50. The largest absolute Gasteiger partial charge is 0.490 e. The van der Waals surface area contributed by atoms with Gasteiger partial charge in [0, 0.05) is 16.8 Å². The molecule has 192 valence electrons. The Hall–Kier alpha value is -3.96. The van der Waals surface area contributed by atoms with Gasteiger partial charge in [-0.25, -0.2) is 13.6 Å². The molecule has 2 aromatic carbocycles. The van der Waals surface area contributed by atoms with Crippen molar-refractivity contribution in [1.82, 2.24) is 4.98 Å². The molecule has 0 spiro atoms. The molecule has 1 aromatic heterocycles. The number of rotatable bonds is 6. The van der Waals surface area contributed by atoms with E-state index in [1.165, 1.54) is 20.8 Å². The van der Waals surface area contributed by atoms with E-state index in [0.717, 1.165) is 13.2 Å². The summed E-state index contributed by atoms with van der Waals surface area (Å²) < 4.78 is 97.8. The van der Waals surface area contributed by atoms with Gasteiger partial charge in [0.05, 0.1) is 25.0 Å². The highest BCUT2D eigenvalue weighted by Crippen LogP contribution is 2.43. The van der Waals surface area contributed by atoms with Crippen LogP contribution < -0.4 is 14.9 Å². The van der Waals surface area contributed by atoms with Crippen molar-refractivity contribution in [1.29, 1.82) is 0 Å². The summed E-state index contributed by atoms with van der Waals surface area (Å²) in [5.41, 5.74) is -3.55. The maximum Gasteiger partial charge on any atom is 0.419 e. The molecule has 0 fully saturated rings. The number of nitrogens with one attached hydrogen (secondary N) is 1. The Morgan fingerprint density at radius 1 is 1.03 bits per heavy atom. The average molecular weight is 515 g/mol. The number of hydrogen-bond acceptors (Lipinski definition) is 5. The van der Waals surface area contributed by atoms with Crippen molar-refractivity contribution in [3.63, 3.8) is 0 Å². The molecule has 0 aliphatic carbocycles. The molecule has 1 heterocycles. The van der Waals surface area contributed by atoms with Crippen molar-refractivity contribution in [2.45, 2.75) is 26.9 Å². The van der Waals surface area contributed by atoms with E-state index in [4.69, 9.17) is 14.2 Å². The Morgan fingerprint density at radius 3 is 2.28 bits per heavy atom. The van der Waals surface area contributed by atoms with Crippen LogP contribution in [0.25, 0.3) is 11.3 Å². The van der Waals surface area contributed by atoms with Crippen molar-refractivity contribution < 1.29 is 45.3 Å². The molecule has 0 atom stereocenters. The monoisotopic (exact) mass is 515 g/mol. The topological polar surface area (TPSA) is 77.6 Å². The lowest BCUT2D eigenvalue weighted by molar-refractivity contribution is -0.140. The number of aromatic nitrogens is 1. The molecule has 3 rings (SSSR count). The summed E-state index contributed by atoms with van der Waals surface area (Å²) in [6, 6.07) is 2.36. The number of esters is 1. The van der Waals surface area contributed by atoms with Crippen molar-refractivity contribution in [3.05, 3.63) is 74.3 Å². The first-order valence-corrected chi connectivity index (χ1v) is 10.3. The van der Waals surface area contributed by atoms with Crippen LogP contribution in [-0.4, -0.2) is 24.7 Å². The minimum Gasteiger partial charge on any atom is -0.490 e. The van der Waals surface area contributed by atoms with Crippen LogP contribution in [0.2, 0.25) is 0 Å². The van der Waals surface area contributed by atoms with Crippen molar-refractivity contribution in [2.75, 3.05) is 13.7 Å². The predicted octanol–water partition coefficient (Wildman–Crippen LogP) is 6.07. The van der Waals surface area contributed by atoms with Gasteiger partial charge in [0.15, 0.2) is 17.0 Å². The van der Waals surface area contributed by atoms with Crippen molar-refractivity contribution in [3.8, 4) is 28.5 Å². The second-order valence-electron chi connectivity index (χ2n) is 7.50. The fraction of sp³-hybridized carbons (Fsp3) is 0.250. The Kier molecular flexibility index (Phi) is 7.37. The van der Waals surface area contributed by atoms with Crippen molar-refractivity contribution >= 4 is 5.97 Å². The van der Waals surface area contributed by atoms with Crippen molar-refractivity contribution in [2.24, 2.45) is 0 Å². The first-order chi connectivity index (χ1) is 16.8. The number of H-pyrrole nitrogens is 1. The molecule has 0 unspecified atom stereocenters. The Bertz CT molecular complexity index is 1400. The molecule has 12 heteroatoms. The molecule has 36 heavy (non-hydrogen) atoms. The molecular weight excluding hydrogens is 496 g/mol. The number of ether oxygens (including phenoxy) is 3. The van der Waals surface area contributed by atoms with Crippen LogP contribution in [0, 0.1) is 31.3 Å². The number of benzene rings is 2. The summed E-state index contributed by atoms with van der Waals surface area (Å²) in [4.78, 5) is 27.8. The minimum absolute atomic E-state index is 0.00397. The third-order valence-corrected chi connectivity index (χ3v) is 5.19. The van der Waals surface area contributed by atoms with E-state index in [0.29, 0.717) is 18.2 Å². The summed E-state index contributed by atoms with van der Waals surface area (Å²) in [7, 11) is 0.983. The third-order valence-electron chi connectivity index (χ3n) is 5.19. The maximum atomic E-state index is 14.6. The molecule has 3 aromatic rings. The Labute approximate surface area is 200 Å². The summed E-state index contributed by atoms with van der Waals surface area (Å²) in [5.74, 6) is -7.30. The SMILES string of the molecule is CCOC(=O)c1c(C)[nH]c(-c2cc(F)c(C(F)(F)F)cc2Oc2ccc(F)c(F)c2OC)c(C)c1=O. The van der Waals surface area contributed by atoms with Gasteiger partial charge >= 0.3 is 12.1 Å². The highest BCUT2D eigenvalue weighted by molar-refractivity contribution is 5.91. The number of pyridine rings is 1. The Balaban J connectivity index is 2.31. The zero-order valence-electron chi connectivity index (χ0n) is 19.3. The van der Waals surface area contributed by atoms with E-state index in [1.807, 2.05) is 0 Å². The van der Waals surface area contributed by atoms with Gasteiger partial charge in [0.25, 0.3) is 0 Å². The molecule has 1 N–H and O–H groups in total. The van der Waals surface area contributed by atoms with Crippen LogP contribution in [-0.2, 0) is 10.9 Å². The van der Waals surface area contributed by atoms with Crippen LogP contribution in [0.3, 0.4) is 0 Å². The van der Waals surface area contributed by atoms with E-state index in [9.17, 15) is 35.9 Å². The van der Waals surface area contributed by atoms with Crippen LogP contribution >= 0.6 is 0 Å². The minimum atomic E-state index is -5.13. The van der Waals surface area contributed by atoms with E-state index in [1.54, 1.807) is 0 Å². The van der Waals surface area contributed by atoms with Gasteiger partial charge in [-0.3, -0.25) is 4.79 Å². The van der Waals surface area contributed by atoms with Gasteiger partial charge in [0.1, 0.15) is 17.1 Å². The van der Waals surface area contributed by atoms with E-state index < -0.39 is 57.8 Å². The number of aryl methyl sites for hydroxylation is 1. The number of carbonyl (C=O) groups is 1. The average Bonchev–Trinajstić information content (AvgIpc) is 2.79. The van der Waals surface area contributed by atoms with Crippen LogP contribution in [0.15, 0.2) is 29.1 Å². The molecule has 0 radical (unpaired) electrons. The standard InChI is InChI=1S/C24H19F6NO5/c1-5-35-23(33)18-11(3)31-20(10(2)21(18)32)12-8-15(26)13(24(28,29)30)9-17(12)36-16-7-6-14(25)19(27)22(16)34-4/h6-9H,5H2,1-4H3,(H,31,32). The van der Waals surface area contributed by atoms with Crippen LogP contribution in [0.5, 0.6) is 17.2 Å². The fourth-order valence-electron chi connectivity index (χ4n) is 3.49. The molecule has 0 saturated carbocycles. The van der Waals surface area contributed by atoms with Gasteiger partial charge in [-0.1, -0.05) is 0 Å². The van der Waals surface area contributed by atoms with Gasteiger partial charge < -0.3 is 19.2 Å². The number of halogens is 6. The lowest BCUT2D eigenvalue weighted by atomic mass is 9.99. The smallest absolute Gasteiger partial charge is 0.419 e. The lowest BCUT2D eigenvalue weighted by Crippen LogP contribution is -2.23. The van der Waals surface area contributed by atoms with E-state index in [-0.39, 0.29) is 34.7 Å². The van der Waals surface area contributed by atoms with Gasteiger partial charge in [0.2, 0.25) is 11.6 Å². The summed E-state index contributed by atoms with van der Waals surface area (Å²) >= 11 is 0. The Morgan fingerprint density at radius 2 is 1.69 bits per heavy atom. The first-order valence-electron chi connectivity index (χ1n) is 10.3. The number of hydrogen-bond donors (Lipinski definition) is 1. The molecular formula is C24H19F6NO5. The molecule has 6 nitrogen and oxygen atoms in total. The van der Waals surface area contributed by atoms with Gasteiger partial charge in [-0.2, -0.15) is 17.6 Å². The second kappa shape index (κ2) is 9.96. The first kappa shape index (κ1) is 26.6. The maximum absolute atomic E-state index is 14.6. The van der Waals surface area contributed by atoms with Gasteiger partial charge in [-0.15, -0.1) is 0 Å². The van der Waals surface area contributed by atoms with E-state index in [2.05, 4.69) is 4.98 Å². The highest BCUT2D eigenvalue weighted by atomic mass is 19.4. The quantitative estimate of drug-likeness (QED) is 0.319. The summed E-state index contributed by atoms with van der Waals surface area (Å²) in [6.07, 6.45) is -5.13. The van der Waals surface area contributed by atoms with Gasteiger partial charge in [-0.05, 0) is 45.0 Å². The molecule has 0 aliphatic rings. The molecule has 0 amide bonds. The zero-order chi connectivity index (χ0) is 26.9. The fourth-order valence-corrected chi connectivity index (χ4v) is 3.49. The summed E-state index contributed by atoms with van der Waals surface area (Å²) in [5, 5.41) is 0. The summed E-state index contributed by atoms with van der Waals surface area (Å²) in [6.45, 7) is 4.12. The zero-order valence-corrected chi connectivity index (χ0v) is 19.3. The van der Waals surface area contributed by atoms with Crippen LogP contribution in [0.1, 0.15) is 34.1 Å². The number of carbonyl (C=O) groups excluding carboxylic acids is 1. The predicted molar refractivity (Wildman–Crippen MR) is 116 cm³/mol. The number of alkyl halides is 3. The third kappa shape index (κ3) is 4.88.